The van der Waals surface area contributed by atoms with Crippen LogP contribution in [-0.4, -0.2) is 110 Å². The molecule has 0 radical (unpaired) electrons. The van der Waals surface area contributed by atoms with Gasteiger partial charge in [-0.2, -0.15) is 0 Å². The Balaban J connectivity index is 0.984. The summed E-state index contributed by atoms with van der Waals surface area (Å²) < 4.78 is 19.2. The zero-order valence-electron chi connectivity index (χ0n) is 33.1. The molecule has 5 aliphatic rings. The van der Waals surface area contributed by atoms with Gasteiger partial charge in [0.25, 0.3) is 0 Å². The maximum atomic E-state index is 7.11. The maximum Gasteiger partial charge on any atom is 0.138 e. The van der Waals surface area contributed by atoms with Crippen molar-refractivity contribution in [2.45, 2.75) is 103 Å². The average molecular weight is 740 g/mol. The first-order valence-electron chi connectivity index (χ1n) is 20.6. The van der Waals surface area contributed by atoms with Crippen molar-refractivity contribution in [3.63, 3.8) is 0 Å². The molecule has 0 aromatic carbocycles. The van der Waals surface area contributed by atoms with Crippen LogP contribution in [0.15, 0.2) is 42.5 Å². The molecule has 3 aromatic rings. The van der Waals surface area contributed by atoms with Crippen LogP contribution >= 0.6 is 0 Å². The van der Waals surface area contributed by atoms with E-state index in [-0.39, 0.29) is 17.2 Å². The Hall–Kier alpha value is -3.87. The van der Waals surface area contributed by atoms with Gasteiger partial charge in [0, 0.05) is 75.9 Å². The number of nitrogens with one attached hydrogen (secondary N) is 3. The molecule has 3 N–H and O–H groups in total. The highest BCUT2D eigenvalue weighted by Crippen LogP contribution is 2.45. The molecule has 0 bridgehead atoms. The SMILES string of the molecule is CCNc1ccc(-c2cc(NC(C)C)nc(N3CCOC4(CCOC4)C3)c2)c(N2CCC3(CCC(C4CCN(c5cccc(NC(C)C)n5)C4)O3)CC2)n1. The molecule has 5 aliphatic heterocycles. The quantitative estimate of drug-likeness (QED) is 0.196. The Morgan fingerprint density at radius 1 is 0.759 bits per heavy atom. The van der Waals surface area contributed by atoms with Gasteiger partial charge in [-0.3, -0.25) is 0 Å². The van der Waals surface area contributed by atoms with Crippen molar-refractivity contribution >= 4 is 34.9 Å². The largest absolute Gasteiger partial charge is 0.378 e. The van der Waals surface area contributed by atoms with Gasteiger partial charge in [-0.15, -0.1) is 0 Å². The van der Waals surface area contributed by atoms with Gasteiger partial charge in [0.1, 0.15) is 40.5 Å². The number of pyridine rings is 3. The first kappa shape index (κ1) is 37.1. The Bertz CT molecular complexity index is 1740. The number of nitrogens with zero attached hydrogens (tertiary/aromatic N) is 6. The molecule has 8 heterocycles. The lowest BCUT2D eigenvalue weighted by atomic mass is 9.87. The molecule has 0 saturated carbocycles. The molecule has 2 spiro atoms. The molecular weight excluding hydrogens is 679 g/mol. The fourth-order valence-corrected chi connectivity index (χ4v) is 9.21. The van der Waals surface area contributed by atoms with E-state index >= 15 is 0 Å². The van der Waals surface area contributed by atoms with Crippen LogP contribution in [-0.2, 0) is 14.2 Å². The summed E-state index contributed by atoms with van der Waals surface area (Å²) in [5.74, 6) is 6.34. The fraction of sp³-hybridized carbons (Fsp3) is 0.643. The summed E-state index contributed by atoms with van der Waals surface area (Å²) in [4.78, 5) is 22.7. The maximum absolute atomic E-state index is 7.11. The van der Waals surface area contributed by atoms with Gasteiger partial charge in [0.15, 0.2) is 0 Å². The van der Waals surface area contributed by atoms with Crippen LogP contribution in [0, 0.1) is 5.92 Å². The minimum absolute atomic E-state index is 0.0538. The highest BCUT2D eigenvalue weighted by atomic mass is 16.6. The van der Waals surface area contributed by atoms with Gasteiger partial charge < -0.3 is 44.9 Å². The summed E-state index contributed by atoms with van der Waals surface area (Å²) in [5, 5.41) is 10.5. The number of hydrogen-bond donors (Lipinski definition) is 3. The minimum Gasteiger partial charge on any atom is -0.378 e. The van der Waals surface area contributed by atoms with Crippen molar-refractivity contribution in [3.05, 3.63) is 42.5 Å². The Morgan fingerprint density at radius 3 is 2.35 bits per heavy atom. The van der Waals surface area contributed by atoms with E-state index in [9.17, 15) is 0 Å². The molecule has 3 atom stereocenters. The van der Waals surface area contributed by atoms with E-state index in [0.29, 0.717) is 31.3 Å². The molecule has 12 nitrogen and oxygen atoms in total. The molecule has 3 aromatic heterocycles. The zero-order valence-corrected chi connectivity index (χ0v) is 33.1. The van der Waals surface area contributed by atoms with Gasteiger partial charge in [0.05, 0.1) is 31.5 Å². The summed E-state index contributed by atoms with van der Waals surface area (Å²) >= 11 is 0. The fourth-order valence-electron chi connectivity index (χ4n) is 9.21. The van der Waals surface area contributed by atoms with Crippen molar-refractivity contribution in [3.8, 4) is 11.1 Å². The predicted molar refractivity (Wildman–Crippen MR) is 218 cm³/mol. The van der Waals surface area contributed by atoms with Crippen LogP contribution in [0.1, 0.15) is 73.1 Å². The number of ether oxygens (including phenoxy) is 3. The number of morpholine rings is 1. The lowest BCUT2D eigenvalue weighted by molar-refractivity contribution is -0.0724. The number of aromatic nitrogens is 3. The molecule has 3 unspecified atom stereocenters. The van der Waals surface area contributed by atoms with E-state index in [4.69, 9.17) is 29.2 Å². The summed E-state index contributed by atoms with van der Waals surface area (Å²) in [7, 11) is 0. The number of hydrogen-bond acceptors (Lipinski definition) is 12. The molecule has 0 amide bonds. The van der Waals surface area contributed by atoms with Crippen LogP contribution in [0.4, 0.5) is 34.9 Å². The first-order chi connectivity index (χ1) is 26.2. The Labute approximate surface area is 321 Å². The normalized spacial score (nSPS) is 25.4. The topological polar surface area (TPSA) is 112 Å². The van der Waals surface area contributed by atoms with E-state index in [1.807, 2.05) is 0 Å². The van der Waals surface area contributed by atoms with Gasteiger partial charge in [-0.25, -0.2) is 15.0 Å². The molecule has 8 rings (SSSR count). The van der Waals surface area contributed by atoms with E-state index < -0.39 is 0 Å². The minimum atomic E-state index is -0.252. The van der Waals surface area contributed by atoms with Crippen molar-refractivity contribution < 1.29 is 14.2 Å². The monoisotopic (exact) mass is 739 g/mol. The third kappa shape index (κ3) is 8.07. The second-order valence-corrected chi connectivity index (χ2v) is 16.8. The molecule has 292 valence electrons. The molecular formula is C42H61N9O3. The van der Waals surface area contributed by atoms with Gasteiger partial charge in [-0.05, 0) is 109 Å². The lowest BCUT2D eigenvalue weighted by Crippen LogP contribution is -2.52. The summed E-state index contributed by atoms with van der Waals surface area (Å²) in [6.07, 6.45) is 6.68. The Morgan fingerprint density at radius 2 is 1.57 bits per heavy atom. The van der Waals surface area contributed by atoms with E-state index in [1.54, 1.807) is 0 Å². The van der Waals surface area contributed by atoms with Gasteiger partial charge >= 0.3 is 0 Å². The van der Waals surface area contributed by atoms with Crippen LogP contribution in [0.5, 0.6) is 0 Å². The zero-order chi connectivity index (χ0) is 37.3. The third-order valence-electron chi connectivity index (χ3n) is 11.9. The summed E-state index contributed by atoms with van der Waals surface area (Å²) in [5.41, 5.74) is 1.95. The smallest absolute Gasteiger partial charge is 0.138 e. The highest BCUT2D eigenvalue weighted by Gasteiger charge is 2.46. The van der Waals surface area contributed by atoms with Crippen LogP contribution in [0.3, 0.4) is 0 Å². The van der Waals surface area contributed by atoms with E-state index in [1.165, 1.54) is 0 Å². The van der Waals surface area contributed by atoms with E-state index in [0.717, 1.165) is 137 Å². The van der Waals surface area contributed by atoms with Crippen molar-refractivity contribution in [1.29, 1.82) is 0 Å². The average Bonchev–Trinajstić information content (AvgIpc) is 3.93. The first-order valence-corrected chi connectivity index (χ1v) is 20.6. The highest BCUT2D eigenvalue weighted by molar-refractivity contribution is 5.81. The molecule has 54 heavy (non-hydrogen) atoms. The predicted octanol–water partition coefficient (Wildman–Crippen LogP) is 6.65. The molecule has 5 fully saturated rings. The van der Waals surface area contributed by atoms with Crippen molar-refractivity contribution in [1.82, 2.24) is 15.0 Å². The molecule has 5 saturated heterocycles. The van der Waals surface area contributed by atoms with Crippen molar-refractivity contribution in [2.75, 3.05) is 96.3 Å². The van der Waals surface area contributed by atoms with E-state index in [2.05, 4.69) is 108 Å². The van der Waals surface area contributed by atoms with Crippen LogP contribution in [0.25, 0.3) is 11.1 Å². The van der Waals surface area contributed by atoms with Crippen LogP contribution in [0.2, 0.25) is 0 Å². The molecule has 0 aliphatic carbocycles. The summed E-state index contributed by atoms with van der Waals surface area (Å²) in [6.45, 7) is 19.1. The van der Waals surface area contributed by atoms with Crippen LogP contribution < -0.4 is 30.7 Å². The number of rotatable bonds is 11. The second-order valence-electron chi connectivity index (χ2n) is 16.8. The number of anilines is 6. The standard InChI is InChI=1S/C42H61N9O3/c1-6-43-35-11-10-33(32-24-37(45-30(4)5)47-39(25-32)51-21-23-53-42(27-51)17-22-52-28-42)40(48-35)49-19-15-41(16-20-49)14-12-34(54-41)31-13-18-50(26-31)38-9-7-8-36(46-38)44-29(2)3/h7-11,24-25,29-31,34H,6,12-23,26-28H2,1-5H3,(H,43,48)(H,44,46)(H,45,47). The molecule has 12 heteroatoms. The third-order valence-corrected chi connectivity index (χ3v) is 11.9. The second kappa shape index (κ2) is 15.7. The lowest BCUT2D eigenvalue weighted by Gasteiger charge is -2.41. The summed E-state index contributed by atoms with van der Waals surface area (Å²) in [6, 6.07) is 15.7. The van der Waals surface area contributed by atoms with Crippen molar-refractivity contribution in [2.24, 2.45) is 5.92 Å². The van der Waals surface area contributed by atoms with Gasteiger partial charge in [-0.1, -0.05) is 6.07 Å². The van der Waals surface area contributed by atoms with Gasteiger partial charge in [0.2, 0.25) is 0 Å². The number of piperidine rings is 1. The Kier molecular flexibility index (Phi) is 10.8.